The standard InChI is InChI=1S/C21H30O4/c1-20(2,3)21(19(24)25,16-7-5-4-6-8-16)17-12-9-15(10-13-17)11-14-18(22)23/h9-10,12-13,16H,4-8,11,14H2,1-3H3,(H,22,23)(H,24,25). The lowest BCUT2D eigenvalue weighted by molar-refractivity contribution is -0.153. The Labute approximate surface area is 150 Å². The third kappa shape index (κ3) is 3.88. The maximum Gasteiger partial charge on any atom is 0.314 e. The molecule has 0 aliphatic heterocycles. The first-order valence-corrected chi connectivity index (χ1v) is 9.24. The van der Waals surface area contributed by atoms with Crippen LogP contribution in [-0.2, 0) is 21.4 Å². The molecule has 1 aromatic carbocycles. The number of carboxylic acids is 2. The van der Waals surface area contributed by atoms with Gasteiger partial charge in [0.05, 0.1) is 0 Å². The smallest absolute Gasteiger partial charge is 0.314 e. The van der Waals surface area contributed by atoms with E-state index < -0.39 is 22.8 Å². The molecule has 1 aliphatic carbocycles. The summed E-state index contributed by atoms with van der Waals surface area (Å²) in [5.74, 6) is -1.44. The summed E-state index contributed by atoms with van der Waals surface area (Å²) < 4.78 is 0. The highest BCUT2D eigenvalue weighted by Crippen LogP contribution is 2.52. The zero-order valence-electron chi connectivity index (χ0n) is 15.5. The van der Waals surface area contributed by atoms with Crippen LogP contribution in [0.15, 0.2) is 24.3 Å². The summed E-state index contributed by atoms with van der Waals surface area (Å²) in [6.45, 7) is 6.07. The molecule has 2 rings (SSSR count). The van der Waals surface area contributed by atoms with Crippen LogP contribution in [0.2, 0.25) is 0 Å². The van der Waals surface area contributed by atoms with Crippen molar-refractivity contribution in [2.45, 2.75) is 71.1 Å². The Morgan fingerprint density at radius 3 is 2.00 bits per heavy atom. The lowest BCUT2D eigenvalue weighted by atomic mass is 9.53. The van der Waals surface area contributed by atoms with Crippen molar-refractivity contribution in [2.75, 3.05) is 0 Å². The summed E-state index contributed by atoms with van der Waals surface area (Å²) in [5.41, 5.74) is 0.448. The van der Waals surface area contributed by atoms with Crippen LogP contribution in [0.4, 0.5) is 0 Å². The Hall–Kier alpha value is -1.84. The lowest BCUT2D eigenvalue weighted by Gasteiger charge is -2.48. The van der Waals surface area contributed by atoms with E-state index in [-0.39, 0.29) is 12.3 Å². The predicted molar refractivity (Wildman–Crippen MR) is 97.7 cm³/mol. The van der Waals surface area contributed by atoms with Crippen LogP contribution >= 0.6 is 0 Å². The van der Waals surface area contributed by atoms with Crippen molar-refractivity contribution < 1.29 is 19.8 Å². The first kappa shape index (κ1) is 19.5. The molecule has 0 amide bonds. The largest absolute Gasteiger partial charge is 0.481 e. The summed E-state index contributed by atoms with van der Waals surface area (Å²) in [7, 11) is 0. The average molecular weight is 346 g/mol. The molecule has 0 bridgehead atoms. The summed E-state index contributed by atoms with van der Waals surface area (Å²) in [4.78, 5) is 23.3. The average Bonchev–Trinajstić information content (AvgIpc) is 2.54. The zero-order valence-corrected chi connectivity index (χ0v) is 15.5. The predicted octanol–water partition coefficient (Wildman–Crippen LogP) is 4.65. The molecule has 138 valence electrons. The number of hydrogen-bond donors (Lipinski definition) is 2. The van der Waals surface area contributed by atoms with Gasteiger partial charge in [0.15, 0.2) is 0 Å². The van der Waals surface area contributed by atoms with Crippen molar-refractivity contribution in [3.63, 3.8) is 0 Å². The van der Waals surface area contributed by atoms with Gasteiger partial charge in [0, 0.05) is 6.42 Å². The molecule has 2 N–H and O–H groups in total. The third-order valence-corrected chi connectivity index (χ3v) is 5.77. The third-order valence-electron chi connectivity index (χ3n) is 5.77. The van der Waals surface area contributed by atoms with Gasteiger partial charge in [-0.1, -0.05) is 64.3 Å². The quantitative estimate of drug-likeness (QED) is 0.786. The fourth-order valence-corrected chi connectivity index (χ4v) is 4.62. The summed E-state index contributed by atoms with van der Waals surface area (Å²) in [6.07, 6.45) is 5.82. The van der Waals surface area contributed by atoms with Crippen molar-refractivity contribution in [1.82, 2.24) is 0 Å². The van der Waals surface area contributed by atoms with Crippen molar-refractivity contribution >= 4 is 11.9 Å². The highest BCUT2D eigenvalue weighted by molar-refractivity contribution is 5.83. The van der Waals surface area contributed by atoms with Crippen LogP contribution in [0.5, 0.6) is 0 Å². The molecule has 1 saturated carbocycles. The second-order valence-corrected chi connectivity index (χ2v) is 8.29. The molecular formula is C21H30O4. The Balaban J connectivity index is 2.44. The van der Waals surface area contributed by atoms with Crippen molar-refractivity contribution in [3.8, 4) is 0 Å². The van der Waals surface area contributed by atoms with Gasteiger partial charge in [-0.3, -0.25) is 9.59 Å². The van der Waals surface area contributed by atoms with Crippen LogP contribution in [0.1, 0.15) is 70.4 Å². The molecule has 0 saturated heterocycles. The van der Waals surface area contributed by atoms with Crippen LogP contribution in [0, 0.1) is 11.3 Å². The van der Waals surface area contributed by atoms with Gasteiger partial charge in [0.25, 0.3) is 0 Å². The van der Waals surface area contributed by atoms with E-state index in [0.29, 0.717) is 6.42 Å². The fourth-order valence-electron chi connectivity index (χ4n) is 4.62. The number of benzene rings is 1. The summed E-state index contributed by atoms with van der Waals surface area (Å²) >= 11 is 0. The minimum Gasteiger partial charge on any atom is -0.481 e. The highest BCUT2D eigenvalue weighted by Gasteiger charge is 2.55. The van der Waals surface area contributed by atoms with Gasteiger partial charge < -0.3 is 10.2 Å². The monoisotopic (exact) mass is 346 g/mol. The highest BCUT2D eigenvalue weighted by atomic mass is 16.4. The number of carboxylic acid groups (broad SMARTS) is 2. The van der Waals surface area contributed by atoms with E-state index in [4.69, 9.17) is 5.11 Å². The SMILES string of the molecule is CC(C)(C)C(C(=O)O)(c1ccc(CCC(=O)O)cc1)C1CCCCC1. The lowest BCUT2D eigenvalue weighted by Crippen LogP contribution is -2.53. The first-order chi connectivity index (χ1) is 11.7. The van der Waals surface area contributed by atoms with Crippen molar-refractivity contribution in [1.29, 1.82) is 0 Å². The fraction of sp³-hybridized carbons (Fsp3) is 0.619. The van der Waals surface area contributed by atoms with Gasteiger partial charge in [-0.15, -0.1) is 0 Å². The molecule has 4 nitrogen and oxygen atoms in total. The number of carbonyl (C=O) groups is 2. The van der Waals surface area contributed by atoms with E-state index in [1.54, 1.807) is 0 Å². The zero-order chi connectivity index (χ0) is 18.7. The first-order valence-electron chi connectivity index (χ1n) is 9.24. The summed E-state index contributed by atoms with van der Waals surface area (Å²) in [5, 5.41) is 19.2. The van der Waals surface area contributed by atoms with Gasteiger partial charge in [-0.2, -0.15) is 0 Å². The maximum absolute atomic E-state index is 12.6. The van der Waals surface area contributed by atoms with E-state index in [1.807, 2.05) is 45.0 Å². The maximum atomic E-state index is 12.6. The number of rotatable bonds is 6. The van der Waals surface area contributed by atoms with E-state index in [0.717, 1.165) is 36.8 Å². The van der Waals surface area contributed by atoms with Crippen molar-refractivity contribution in [2.24, 2.45) is 11.3 Å². The van der Waals surface area contributed by atoms with Crippen LogP contribution in [0.3, 0.4) is 0 Å². The molecule has 1 aliphatic rings. The minimum absolute atomic E-state index is 0.0886. The molecule has 1 atom stereocenters. The van der Waals surface area contributed by atoms with Crippen LogP contribution in [0.25, 0.3) is 0 Å². The van der Waals surface area contributed by atoms with Gasteiger partial charge in [0.2, 0.25) is 0 Å². The number of aryl methyl sites for hydroxylation is 1. The number of aliphatic carboxylic acids is 2. The molecule has 4 heteroatoms. The Morgan fingerprint density at radius 2 is 1.56 bits per heavy atom. The van der Waals surface area contributed by atoms with E-state index in [9.17, 15) is 14.7 Å². The molecule has 1 aromatic rings. The molecule has 0 radical (unpaired) electrons. The van der Waals surface area contributed by atoms with Crippen molar-refractivity contribution in [3.05, 3.63) is 35.4 Å². The Morgan fingerprint density at radius 1 is 1.00 bits per heavy atom. The van der Waals surface area contributed by atoms with Gasteiger partial charge in [-0.25, -0.2) is 0 Å². The van der Waals surface area contributed by atoms with Crippen LogP contribution in [-0.4, -0.2) is 22.2 Å². The molecule has 1 fully saturated rings. The second-order valence-electron chi connectivity index (χ2n) is 8.29. The topological polar surface area (TPSA) is 74.6 Å². The van der Waals surface area contributed by atoms with E-state index in [2.05, 4.69) is 0 Å². The second kappa shape index (κ2) is 7.59. The van der Waals surface area contributed by atoms with Gasteiger partial charge >= 0.3 is 11.9 Å². The molecular weight excluding hydrogens is 316 g/mol. The van der Waals surface area contributed by atoms with E-state index >= 15 is 0 Å². The molecule has 1 unspecified atom stereocenters. The Kier molecular flexibility index (Phi) is 5.91. The van der Waals surface area contributed by atoms with Gasteiger partial charge in [-0.05, 0) is 41.7 Å². The minimum atomic E-state index is -0.918. The Bertz CT molecular complexity index is 606. The molecule has 0 aromatic heterocycles. The normalized spacial score (nSPS) is 18.5. The molecule has 0 heterocycles. The van der Waals surface area contributed by atoms with Crippen LogP contribution < -0.4 is 0 Å². The number of hydrogen-bond acceptors (Lipinski definition) is 2. The van der Waals surface area contributed by atoms with Gasteiger partial charge in [0.1, 0.15) is 5.41 Å². The molecule has 25 heavy (non-hydrogen) atoms. The van der Waals surface area contributed by atoms with E-state index in [1.165, 1.54) is 6.42 Å². The molecule has 0 spiro atoms. The summed E-state index contributed by atoms with van der Waals surface area (Å²) in [6, 6.07) is 7.60.